The Bertz CT molecular complexity index is 1470. The van der Waals surface area contributed by atoms with Crippen molar-refractivity contribution in [3.8, 4) is 5.69 Å². The van der Waals surface area contributed by atoms with Crippen LogP contribution >= 0.6 is 12.2 Å². The van der Waals surface area contributed by atoms with Gasteiger partial charge in [-0.2, -0.15) is 0 Å². The maximum absolute atomic E-state index is 14.1. The summed E-state index contributed by atoms with van der Waals surface area (Å²) in [7, 11) is 0. The zero-order valence-electron chi connectivity index (χ0n) is 17.2. The predicted molar refractivity (Wildman–Crippen MR) is 123 cm³/mol. The second-order valence-corrected chi connectivity index (χ2v) is 7.87. The second-order valence-electron chi connectivity index (χ2n) is 7.49. The molecular weight excluding hydrogens is 413 g/mol. The molecule has 4 aromatic rings. The standard InChI is InChI=1S/C24H20FN3O2S/c1-13-7-10-19(18(25)11-13)26-22(29)16-8-9-17-20(12-16)27-24(31)28(23(17)30)21-6-4-5-14(2)15(21)3/h4-12H,1-3H3,(H,26,29)(H,27,31). The fourth-order valence-electron chi connectivity index (χ4n) is 3.47. The zero-order valence-corrected chi connectivity index (χ0v) is 18.1. The van der Waals surface area contributed by atoms with E-state index in [0.717, 1.165) is 16.7 Å². The van der Waals surface area contributed by atoms with Gasteiger partial charge < -0.3 is 10.3 Å². The maximum Gasteiger partial charge on any atom is 0.266 e. The average Bonchev–Trinajstić information content (AvgIpc) is 2.72. The van der Waals surface area contributed by atoms with Crippen molar-refractivity contribution < 1.29 is 9.18 Å². The summed E-state index contributed by atoms with van der Waals surface area (Å²) in [6, 6.07) is 14.9. The fourth-order valence-corrected chi connectivity index (χ4v) is 3.76. The van der Waals surface area contributed by atoms with Crippen molar-refractivity contribution in [3.63, 3.8) is 0 Å². The maximum atomic E-state index is 14.1. The summed E-state index contributed by atoms with van der Waals surface area (Å²) in [6.07, 6.45) is 0. The first-order valence-corrected chi connectivity index (χ1v) is 10.1. The van der Waals surface area contributed by atoms with Gasteiger partial charge in [0.25, 0.3) is 11.5 Å². The van der Waals surface area contributed by atoms with E-state index in [1.54, 1.807) is 25.1 Å². The van der Waals surface area contributed by atoms with Crippen LogP contribution in [0.3, 0.4) is 0 Å². The van der Waals surface area contributed by atoms with Crippen LogP contribution in [0.2, 0.25) is 0 Å². The SMILES string of the molecule is Cc1ccc(NC(=O)c2ccc3c(=O)n(-c4cccc(C)c4C)c(=S)[nH]c3c2)c(F)c1. The van der Waals surface area contributed by atoms with E-state index in [4.69, 9.17) is 12.2 Å². The van der Waals surface area contributed by atoms with Crippen molar-refractivity contribution in [1.82, 2.24) is 9.55 Å². The number of nitrogens with one attached hydrogen (secondary N) is 2. The first kappa shape index (κ1) is 20.7. The molecule has 0 spiro atoms. The molecule has 2 N–H and O–H groups in total. The van der Waals surface area contributed by atoms with Gasteiger partial charge >= 0.3 is 0 Å². The average molecular weight is 434 g/mol. The van der Waals surface area contributed by atoms with E-state index < -0.39 is 11.7 Å². The topological polar surface area (TPSA) is 66.9 Å². The van der Waals surface area contributed by atoms with Gasteiger partial charge in [-0.1, -0.05) is 18.2 Å². The van der Waals surface area contributed by atoms with Crippen molar-refractivity contribution in [2.24, 2.45) is 0 Å². The minimum absolute atomic E-state index is 0.0916. The number of H-pyrrole nitrogens is 1. The number of carbonyl (C=O) groups excluding carboxylic acids is 1. The molecule has 0 saturated heterocycles. The Morgan fingerprint density at radius 1 is 1.06 bits per heavy atom. The van der Waals surface area contributed by atoms with Crippen molar-refractivity contribution in [2.75, 3.05) is 5.32 Å². The molecule has 0 atom stereocenters. The van der Waals surface area contributed by atoms with Crippen molar-refractivity contribution >= 4 is 34.7 Å². The Hall–Kier alpha value is -3.58. The Kier molecular flexibility index (Phi) is 5.29. The normalized spacial score (nSPS) is 11.0. The van der Waals surface area contributed by atoms with Gasteiger partial charge in [-0.15, -0.1) is 0 Å². The number of aryl methyl sites for hydroxylation is 2. The molecule has 5 nitrogen and oxygen atoms in total. The van der Waals surface area contributed by atoms with Crippen LogP contribution in [-0.2, 0) is 0 Å². The lowest BCUT2D eigenvalue weighted by molar-refractivity contribution is 0.102. The Morgan fingerprint density at radius 3 is 2.58 bits per heavy atom. The van der Waals surface area contributed by atoms with Gasteiger partial charge in [0.15, 0.2) is 4.77 Å². The van der Waals surface area contributed by atoms with Gasteiger partial charge in [0.2, 0.25) is 0 Å². The second kappa shape index (κ2) is 7.92. The summed E-state index contributed by atoms with van der Waals surface area (Å²) in [4.78, 5) is 28.9. The number of carbonyl (C=O) groups is 1. The summed E-state index contributed by atoms with van der Waals surface area (Å²) in [5.41, 5.74) is 4.01. The molecule has 0 radical (unpaired) electrons. The number of aromatic nitrogens is 2. The molecule has 1 aromatic heterocycles. The highest BCUT2D eigenvalue weighted by Crippen LogP contribution is 2.20. The Labute approximate surface area is 183 Å². The third-order valence-electron chi connectivity index (χ3n) is 5.35. The third kappa shape index (κ3) is 3.80. The lowest BCUT2D eigenvalue weighted by Gasteiger charge is -2.13. The highest BCUT2D eigenvalue weighted by atomic mass is 32.1. The summed E-state index contributed by atoms with van der Waals surface area (Å²) < 4.78 is 15.8. The molecule has 0 saturated carbocycles. The summed E-state index contributed by atoms with van der Waals surface area (Å²) >= 11 is 5.45. The summed E-state index contributed by atoms with van der Waals surface area (Å²) in [6.45, 7) is 5.68. The number of aromatic amines is 1. The predicted octanol–water partition coefficient (Wildman–Crippen LogP) is 5.36. The van der Waals surface area contributed by atoms with Crippen LogP contribution in [0.4, 0.5) is 10.1 Å². The van der Waals surface area contributed by atoms with Crippen molar-refractivity contribution in [1.29, 1.82) is 0 Å². The smallest absolute Gasteiger partial charge is 0.266 e. The van der Waals surface area contributed by atoms with Crippen LogP contribution in [0.5, 0.6) is 0 Å². The van der Waals surface area contributed by atoms with Gasteiger partial charge in [0.05, 0.1) is 22.3 Å². The van der Waals surface area contributed by atoms with Gasteiger partial charge in [-0.05, 0) is 86.1 Å². The van der Waals surface area contributed by atoms with Crippen LogP contribution in [0.25, 0.3) is 16.6 Å². The lowest BCUT2D eigenvalue weighted by Crippen LogP contribution is -2.22. The molecular formula is C24H20FN3O2S. The van der Waals surface area contributed by atoms with Crippen molar-refractivity contribution in [2.45, 2.75) is 20.8 Å². The highest BCUT2D eigenvalue weighted by Gasteiger charge is 2.14. The van der Waals surface area contributed by atoms with Gasteiger partial charge in [-0.3, -0.25) is 14.2 Å². The number of benzene rings is 3. The quantitative estimate of drug-likeness (QED) is 0.427. The molecule has 0 fully saturated rings. The monoisotopic (exact) mass is 433 g/mol. The summed E-state index contributed by atoms with van der Waals surface area (Å²) in [5, 5.41) is 2.96. The fraction of sp³-hybridized carbons (Fsp3) is 0.125. The number of amides is 1. The number of rotatable bonds is 3. The summed E-state index contributed by atoms with van der Waals surface area (Å²) in [5.74, 6) is -0.993. The van der Waals surface area contributed by atoms with E-state index in [9.17, 15) is 14.0 Å². The van der Waals surface area contributed by atoms with Crippen LogP contribution in [0.15, 0.2) is 59.4 Å². The van der Waals surface area contributed by atoms with Gasteiger partial charge in [0.1, 0.15) is 5.82 Å². The molecule has 0 unspecified atom stereocenters. The zero-order chi connectivity index (χ0) is 22.3. The third-order valence-corrected chi connectivity index (χ3v) is 5.63. The van der Waals surface area contributed by atoms with Gasteiger partial charge in [-0.25, -0.2) is 4.39 Å². The van der Waals surface area contributed by atoms with Crippen LogP contribution in [-0.4, -0.2) is 15.5 Å². The minimum Gasteiger partial charge on any atom is -0.331 e. The first-order valence-electron chi connectivity index (χ1n) is 9.69. The minimum atomic E-state index is -0.509. The molecule has 0 aliphatic heterocycles. The largest absolute Gasteiger partial charge is 0.331 e. The number of nitrogens with zero attached hydrogens (tertiary/aromatic N) is 1. The molecule has 7 heteroatoms. The van der Waals surface area contributed by atoms with Crippen LogP contribution in [0.1, 0.15) is 27.0 Å². The van der Waals surface area contributed by atoms with E-state index in [2.05, 4.69) is 10.3 Å². The van der Waals surface area contributed by atoms with E-state index in [1.807, 2.05) is 32.0 Å². The number of hydrogen-bond acceptors (Lipinski definition) is 3. The van der Waals surface area contributed by atoms with E-state index in [-0.39, 0.29) is 21.6 Å². The molecule has 3 aromatic carbocycles. The number of halogens is 1. The molecule has 156 valence electrons. The van der Waals surface area contributed by atoms with E-state index in [1.165, 1.54) is 22.8 Å². The molecule has 1 heterocycles. The van der Waals surface area contributed by atoms with Gasteiger partial charge in [0, 0.05) is 5.56 Å². The molecule has 31 heavy (non-hydrogen) atoms. The molecule has 0 bridgehead atoms. The molecule has 0 aliphatic carbocycles. The molecule has 4 rings (SSSR count). The Balaban J connectivity index is 1.77. The van der Waals surface area contributed by atoms with Crippen LogP contribution < -0.4 is 10.9 Å². The number of hydrogen-bond donors (Lipinski definition) is 2. The first-order chi connectivity index (χ1) is 14.8. The Morgan fingerprint density at radius 2 is 1.84 bits per heavy atom. The highest BCUT2D eigenvalue weighted by molar-refractivity contribution is 7.71. The number of anilines is 1. The molecule has 1 amide bonds. The van der Waals surface area contributed by atoms with E-state index >= 15 is 0 Å². The van der Waals surface area contributed by atoms with Crippen molar-refractivity contribution in [3.05, 3.63) is 97.8 Å². The van der Waals surface area contributed by atoms with E-state index in [0.29, 0.717) is 16.6 Å². The lowest BCUT2D eigenvalue weighted by atomic mass is 10.1. The van der Waals surface area contributed by atoms with Crippen LogP contribution in [0, 0.1) is 31.4 Å². The number of fused-ring (bicyclic) bond motifs is 1. The molecule has 0 aliphatic rings.